The summed E-state index contributed by atoms with van der Waals surface area (Å²) in [5.74, 6) is 1.70. The first kappa shape index (κ1) is 12.8. The van der Waals surface area contributed by atoms with Gasteiger partial charge in [-0.15, -0.1) is 0 Å². The largest absolute Gasteiger partial charge is 0.376 e. The summed E-state index contributed by atoms with van der Waals surface area (Å²) in [4.78, 5) is 16.0. The summed E-state index contributed by atoms with van der Waals surface area (Å²) in [6, 6.07) is 1.89. The van der Waals surface area contributed by atoms with E-state index in [9.17, 15) is 4.79 Å². The second-order valence-electron chi connectivity index (χ2n) is 5.80. The van der Waals surface area contributed by atoms with Crippen LogP contribution in [0, 0.1) is 12.8 Å². The van der Waals surface area contributed by atoms with E-state index >= 15 is 0 Å². The molecule has 0 aromatic carbocycles. The molecule has 21 heavy (non-hydrogen) atoms. The number of ether oxygens (including phenoxy) is 1. The Bertz CT molecular complexity index is 738. The summed E-state index contributed by atoms with van der Waals surface area (Å²) in [5.41, 5.74) is 6.50. The molecular weight excluding hydrogens is 272 g/mol. The lowest BCUT2D eigenvalue weighted by Crippen LogP contribution is -2.69. The smallest absolute Gasteiger partial charge is 0.349 e. The van der Waals surface area contributed by atoms with Crippen molar-refractivity contribution in [3.63, 3.8) is 0 Å². The maximum absolute atomic E-state index is 11.6. The summed E-state index contributed by atoms with van der Waals surface area (Å²) in [5, 5.41) is 9.73. The standard InChI is InChI=1S/C13H18N6O2/c1-6-15-8(5-9-17-18-13(20)19(6)9)16-11-10(14)7-3-2-4-21-12(7)11/h5,7,10-12,16H,2-4,14H2,1H3,(H,18,20). The zero-order valence-corrected chi connectivity index (χ0v) is 11.7. The SMILES string of the molecule is Cc1nc(NC2C(N)C3CCCOC32)cc2n[nH]c(=O)n12. The van der Waals surface area contributed by atoms with Crippen LogP contribution < -0.4 is 16.7 Å². The van der Waals surface area contributed by atoms with Gasteiger partial charge in [0.15, 0.2) is 5.65 Å². The molecular formula is C13H18N6O2. The monoisotopic (exact) mass is 290 g/mol. The van der Waals surface area contributed by atoms with Crippen LogP contribution in [-0.2, 0) is 4.74 Å². The van der Waals surface area contributed by atoms with E-state index in [1.807, 2.05) is 0 Å². The van der Waals surface area contributed by atoms with Crippen LogP contribution in [0.2, 0.25) is 0 Å². The summed E-state index contributed by atoms with van der Waals surface area (Å²) in [7, 11) is 0. The predicted molar refractivity (Wildman–Crippen MR) is 76.2 cm³/mol. The van der Waals surface area contributed by atoms with Crippen LogP contribution in [0.15, 0.2) is 10.9 Å². The molecule has 8 nitrogen and oxygen atoms in total. The minimum atomic E-state index is -0.280. The third-order valence-electron chi connectivity index (χ3n) is 4.56. The Morgan fingerprint density at radius 3 is 3.29 bits per heavy atom. The number of hydrogen-bond acceptors (Lipinski definition) is 6. The minimum absolute atomic E-state index is 0.0651. The van der Waals surface area contributed by atoms with Gasteiger partial charge in [-0.25, -0.2) is 19.3 Å². The molecule has 4 atom stereocenters. The summed E-state index contributed by atoms with van der Waals surface area (Å²) >= 11 is 0. The van der Waals surface area contributed by atoms with Crippen molar-refractivity contribution in [3.05, 3.63) is 22.4 Å². The lowest BCUT2D eigenvalue weighted by molar-refractivity contribution is -0.104. The molecule has 4 unspecified atom stereocenters. The molecule has 0 radical (unpaired) electrons. The quantitative estimate of drug-likeness (QED) is 0.697. The van der Waals surface area contributed by atoms with Crippen LogP contribution in [0.5, 0.6) is 0 Å². The highest BCUT2D eigenvalue weighted by molar-refractivity contribution is 5.51. The van der Waals surface area contributed by atoms with Gasteiger partial charge in [0.05, 0.1) is 12.1 Å². The van der Waals surface area contributed by atoms with E-state index in [1.165, 1.54) is 4.40 Å². The van der Waals surface area contributed by atoms with Crippen molar-refractivity contribution in [1.29, 1.82) is 0 Å². The molecule has 3 heterocycles. The summed E-state index contributed by atoms with van der Waals surface area (Å²) in [6.45, 7) is 2.57. The summed E-state index contributed by atoms with van der Waals surface area (Å²) in [6.07, 6.45) is 2.37. The zero-order valence-electron chi connectivity index (χ0n) is 11.7. The van der Waals surface area contributed by atoms with Crippen LogP contribution in [0.1, 0.15) is 18.7 Å². The average Bonchev–Trinajstić information content (AvgIpc) is 2.86. The second kappa shape index (κ2) is 4.54. The van der Waals surface area contributed by atoms with Gasteiger partial charge in [0.2, 0.25) is 0 Å². The molecule has 2 fully saturated rings. The fourth-order valence-corrected chi connectivity index (χ4v) is 3.47. The van der Waals surface area contributed by atoms with Crippen LogP contribution in [-0.4, -0.2) is 44.4 Å². The first-order valence-electron chi connectivity index (χ1n) is 7.23. The summed E-state index contributed by atoms with van der Waals surface area (Å²) < 4.78 is 7.24. The normalized spacial score (nSPS) is 31.7. The van der Waals surface area contributed by atoms with Crippen LogP contribution >= 0.6 is 0 Å². The number of aromatic nitrogens is 4. The molecule has 8 heteroatoms. The van der Waals surface area contributed by atoms with E-state index in [4.69, 9.17) is 10.5 Å². The number of aromatic amines is 1. The van der Waals surface area contributed by atoms with E-state index < -0.39 is 0 Å². The van der Waals surface area contributed by atoms with E-state index in [0.717, 1.165) is 19.4 Å². The molecule has 4 N–H and O–H groups in total. The van der Waals surface area contributed by atoms with Crippen molar-refractivity contribution in [1.82, 2.24) is 19.6 Å². The van der Waals surface area contributed by atoms with Gasteiger partial charge >= 0.3 is 5.69 Å². The first-order chi connectivity index (χ1) is 10.1. The molecule has 0 bridgehead atoms. The van der Waals surface area contributed by atoms with Crippen molar-refractivity contribution in [2.45, 2.75) is 38.0 Å². The Hall–Kier alpha value is -1.93. The first-order valence-corrected chi connectivity index (χ1v) is 7.23. The van der Waals surface area contributed by atoms with Crippen LogP contribution in [0.25, 0.3) is 5.65 Å². The molecule has 1 aliphatic heterocycles. The fourth-order valence-electron chi connectivity index (χ4n) is 3.47. The zero-order chi connectivity index (χ0) is 14.6. The third kappa shape index (κ3) is 1.86. The number of nitrogens with two attached hydrogens (primary N) is 1. The average molecular weight is 290 g/mol. The van der Waals surface area contributed by atoms with Crippen LogP contribution in [0.4, 0.5) is 5.82 Å². The van der Waals surface area contributed by atoms with E-state index in [0.29, 0.717) is 23.2 Å². The van der Waals surface area contributed by atoms with Crippen molar-refractivity contribution >= 4 is 11.5 Å². The number of rotatable bonds is 2. The van der Waals surface area contributed by atoms with Crippen molar-refractivity contribution < 1.29 is 4.74 Å². The number of fused-ring (bicyclic) bond motifs is 2. The van der Waals surface area contributed by atoms with E-state index in [1.54, 1.807) is 13.0 Å². The van der Waals surface area contributed by atoms with Gasteiger partial charge in [0.25, 0.3) is 0 Å². The fraction of sp³-hybridized carbons (Fsp3) is 0.615. The van der Waals surface area contributed by atoms with Gasteiger partial charge in [0, 0.05) is 24.6 Å². The van der Waals surface area contributed by atoms with Crippen molar-refractivity contribution in [2.24, 2.45) is 11.7 Å². The minimum Gasteiger partial charge on any atom is -0.376 e. The van der Waals surface area contributed by atoms with Gasteiger partial charge in [0.1, 0.15) is 11.6 Å². The lowest BCUT2D eigenvalue weighted by atomic mass is 9.68. The lowest BCUT2D eigenvalue weighted by Gasteiger charge is -2.52. The number of aryl methyl sites for hydroxylation is 1. The Balaban J connectivity index is 1.61. The maximum Gasteiger partial charge on any atom is 0.349 e. The van der Waals surface area contributed by atoms with Gasteiger partial charge in [-0.3, -0.25) is 0 Å². The highest BCUT2D eigenvalue weighted by Gasteiger charge is 2.50. The van der Waals surface area contributed by atoms with Crippen molar-refractivity contribution in [2.75, 3.05) is 11.9 Å². The molecule has 2 aromatic rings. The molecule has 4 rings (SSSR count). The van der Waals surface area contributed by atoms with E-state index in [2.05, 4.69) is 20.5 Å². The molecule has 1 saturated carbocycles. The number of nitrogens with zero attached hydrogens (tertiary/aromatic N) is 3. The number of hydrogen-bond donors (Lipinski definition) is 3. The molecule has 1 aliphatic carbocycles. The number of anilines is 1. The Kier molecular flexibility index (Phi) is 2.76. The molecule has 0 spiro atoms. The molecule has 2 aliphatic rings. The van der Waals surface area contributed by atoms with Gasteiger partial charge in [-0.2, -0.15) is 5.10 Å². The Labute approximate surface area is 120 Å². The molecule has 2 aromatic heterocycles. The highest BCUT2D eigenvalue weighted by Crippen LogP contribution is 2.38. The van der Waals surface area contributed by atoms with Gasteiger partial charge in [-0.05, 0) is 19.8 Å². The third-order valence-corrected chi connectivity index (χ3v) is 4.56. The topological polar surface area (TPSA) is 110 Å². The van der Waals surface area contributed by atoms with Crippen molar-refractivity contribution in [3.8, 4) is 0 Å². The molecule has 112 valence electrons. The predicted octanol–water partition coefficient (Wildman–Crippen LogP) is -0.357. The van der Waals surface area contributed by atoms with Gasteiger partial charge < -0.3 is 15.8 Å². The van der Waals surface area contributed by atoms with E-state index in [-0.39, 0.29) is 23.9 Å². The van der Waals surface area contributed by atoms with Crippen LogP contribution in [0.3, 0.4) is 0 Å². The molecule has 1 saturated heterocycles. The molecule has 0 amide bonds. The maximum atomic E-state index is 11.6. The number of nitrogens with one attached hydrogen (secondary N) is 2. The second-order valence-corrected chi connectivity index (χ2v) is 5.80. The Morgan fingerprint density at radius 2 is 2.43 bits per heavy atom. The highest BCUT2D eigenvalue weighted by atomic mass is 16.5. The number of H-pyrrole nitrogens is 1. The van der Waals surface area contributed by atoms with Gasteiger partial charge in [-0.1, -0.05) is 0 Å². The Morgan fingerprint density at radius 1 is 1.57 bits per heavy atom.